The third kappa shape index (κ3) is 4.66. The van der Waals surface area contributed by atoms with E-state index in [1.165, 1.54) is 0 Å². The van der Waals surface area contributed by atoms with Crippen molar-refractivity contribution in [2.75, 3.05) is 0 Å². The number of aromatic hydroxyl groups is 4. The highest BCUT2D eigenvalue weighted by molar-refractivity contribution is 5.75. The molecule has 0 saturated heterocycles. The quantitative estimate of drug-likeness (QED) is 0.162. The van der Waals surface area contributed by atoms with Gasteiger partial charge in [-0.25, -0.2) is 0 Å². The van der Waals surface area contributed by atoms with E-state index < -0.39 is 5.41 Å². The van der Waals surface area contributed by atoms with Gasteiger partial charge in [0, 0.05) is 11.1 Å². The maximum Gasteiger partial charge on any atom is 0.120 e. The molecule has 200 valence electrons. The van der Waals surface area contributed by atoms with Crippen LogP contribution in [0.1, 0.15) is 22.3 Å². The molecule has 0 radical (unpaired) electrons. The van der Waals surface area contributed by atoms with Crippen molar-refractivity contribution < 1.29 is 20.4 Å². The van der Waals surface area contributed by atoms with E-state index in [0.717, 1.165) is 33.4 Å². The summed E-state index contributed by atoms with van der Waals surface area (Å²) in [5.41, 5.74) is 5.26. The van der Waals surface area contributed by atoms with Crippen LogP contribution >= 0.6 is 0 Å². The zero-order chi connectivity index (χ0) is 28.4. The molecule has 0 saturated carbocycles. The SMILES string of the molecule is Oc1ccc(-c2ccc(O)c(C(c3ccccc3)(c3ccccc3)c3cc(-c4ccc(O)cc4)ccc3O)c2)cc1. The molecule has 4 N–H and O–H groups in total. The standard InChI is InChI=1S/C37H28O4/c38-31-17-11-25(12-18-31)27-15-21-35(40)33(23-27)37(29-7-3-1-4-8-29,30-9-5-2-6-10-30)34-24-28(16-22-36(34)41)26-13-19-32(39)20-14-26/h1-24,38-41H. The van der Waals surface area contributed by atoms with Crippen molar-refractivity contribution in [1.29, 1.82) is 0 Å². The van der Waals surface area contributed by atoms with Crippen molar-refractivity contribution in [3.63, 3.8) is 0 Å². The predicted molar refractivity (Wildman–Crippen MR) is 162 cm³/mol. The fourth-order valence-electron chi connectivity index (χ4n) is 5.65. The molecule has 0 heterocycles. The summed E-state index contributed by atoms with van der Waals surface area (Å²) >= 11 is 0. The van der Waals surface area contributed by atoms with Gasteiger partial charge < -0.3 is 20.4 Å². The van der Waals surface area contributed by atoms with E-state index in [4.69, 9.17) is 0 Å². The van der Waals surface area contributed by atoms with E-state index in [0.29, 0.717) is 11.1 Å². The number of hydrogen-bond donors (Lipinski definition) is 4. The summed E-state index contributed by atoms with van der Waals surface area (Å²) in [6.45, 7) is 0. The van der Waals surface area contributed by atoms with Gasteiger partial charge in [-0.05, 0) is 81.9 Å². The summed E-state index contributed by atoms with van der Waals surface area (Å²) in [4.78, 5) is 0. The van der Waals surface area contributed by atoms with Crippen LogP contribution < -0.4 is 0 Å². The molecule has 6 rings (SSSR count). The highest BCUT2D eigenvalue weighted by atomic mass is 16.3. The third-order valence-corrected chi connectivity index (χ3v) is 7.62. The third-order valence-electron chi connectivity index (χ3n) is 7.62. The minimum atomic E-state index is -1.11. The summed E-state index contributed by atoms with van der Waals surface area (Å²) in [6, 6.07) is 44.6. The van der Waals surface area contributed by atoms with Crippen LogP contribution in [0.25, 0.3) is 22.3 Å². The number of hydrogen-bond acceptors (Lipinski definition) is 4. The van der Waals surface area contributed by atoms with Crippen molar-refractivity contribution in [2.45, 2.75) is 5.41 Å². The first-order valence-electron chi connectivity index (χ1n) is 13.3. The first kappa shape index (κ1) is 25.8. The molecular weight excluding hydrogens is 508 g/mol. The summed E-state index contributed by atoms with van der Waals surface area (Å²) in [5.74, 6) is 0.502. The molecule has 0 spiro atoms. The van der Waals surface area contributed by atoms with Crippen LogP contribution in [0.3, 0.4) is 0 Å². The maximum atomic E-state index is 11.6. The average molecular weight is 537 g/mol. The second-order valence-electron chi connectivity index (χ2n) is 10.0. The van der Waals surface area contributed by atoms with Gasteiger partial charge in [0.25, 0.3) is 0 Å². The van der Waals surface area contributed by atoms with Crippen LogP contribution in [0.2, 0.25) is 0 Å². The van der Waals surface area contributed by atoms with Gasteiger partial charge in [0.2, 0.25) is 0 Å². The lowest BCUT2D eigenvalue weighted by Crippen LogP contribution is -2.31. The van der Waals surface area contributed by atoms with E-state index in [1.807, 2.05) is 109 Å². The second-order valence-corrected chi connectivity index (χ2v) is 10.0. The topological polar surface area (TPSA) is 80.9 Å². The molecule has 0 unspecified atom stereocenters. The van der Waals surface area contributed by atoms with Gasteiger partial charge in [0.15, 0.2) is 0 Å². The van der Waals surface area contributed by atoms with Crippen molar-refractivity contribution in [3.8, 4) is 45.3 Å². The van der Waals surface area contributed by atoms with E-state index in [1.54, 1.807) is 36.4 Å². The monoisotopic (exact) mass is 536 g/mol. The van der Waals surface area contributed by atoms with Gasteiger partial charge in [0.05, 0.1) is 5.41 Å². The predicted octanol–water partition coefficient (Wildman–Crippen LogP) is 8.23. The molecule has 4 heteroatoms. The number of rotatable bonds is 6. The largest absolute Gasteiger partial charge is 0.508 e. The number of benzene rings is 6. The molecule has 0 fully saturated rings. The van der Waals surface area contributed by atoms with Crippen LogP contribution in [-0.4, -0.2) is 20.4 Å². The molecule has 0 amide bonds. The lowest BCUT2D eigenvalue weighted by Gasteiger charge is -2.38. The molecule has 6 aromatic rings. The van der Waals surface area contributed by atoms with Crippen LogP contribution in [0, 0.1) is 0 Å². The van der Waals surface area contributed by atoms with Crippen LogP contribution in [0.5, 0.6) is 23.0 Å². The molecular formula is C37H28O4. The Morgan fingerprint density at radius 2 is 0.683 bits per heavy atom. The zero-order valence-electron chi connectivity index (χ0n) is 22.1. The van der Waals surface area contributed by atoms with Crippen LogP contribution in [0.4, 0.5) is 0 Å². The Balaban J connectivity index is 1.72. The Morgan fingerprint density at radius 3 is 1.05 bits per heavy atom. The first-order valence-corrected chi connectivity index (χ1v) is 13.3. The van der Waals surface area contributed by atoms with Crippen molar-refractivity contribution in [2.24, 2.45) is 0 Å². The lowest BCUT2D eigenvalue weighted by molar-refractivity contribution is 0.447. The second kappa shape index (κ2) is 10.6. The Kier molecular flexibility index (Phi) is 6.66. The van der Waals surface area contributed by atoms with E-state index in [-0.39, 0.29) is 23.0 Å². The average Bonchev–Trinajstić information content (AvgIpc) is 3.01. The Hall–Kier alpha value is -5.48. The first-order chi connectivity index (χ1) is 20.0. The van der Waals surface area contributed by atoms with E-state index >= 15 is 0 Å². The minimum absolute atomic E-state index is 0.0784. The fourth-order valence-corrected chi connectivity index (χ4v) is 5.65. The van der Waals surface area contributed by atoms with Gasteiger partial charge in [-0.3, -0.25) is 0 Å². The molecule has 0 atom stereocenters. The highest BCUT2D eigenvalue weighted by Crippen LogP contribution is 2.52. The number of phenols is 4. The zero-order valence-corrected chi connectivity index (χ0v) is 22.1. The summed E-state index contributed by atoms with van der Waals surface area (Å²) in [7, 11) is 0. The van der Waals surface area contributed by atoms with Crippen molar-refractivity contribution in [3.05, 3.63) is 168 Å². The Bertz CT molecular complexity index is 1660. The van der Waals surface area contributed by atoms with E-state index in [2.05, 4.69) is 0 Å². The maximum absolute atomic E-state index is 11.6. The summed E-state index contributed by atoms with van der Waals surface area (Å²) in [5, 5.41) is 42.9. The van der Waals surface area contributed by atoms with Gasteiger partial charge in [-0.15, -0.1) is 0 Å². The van der Waals surface area contributed by atoms with Gasteiger partial charge >= 0.3 is 0 Å². The Labute approximate surface area is 238 Å². The van der Waals surface area contributed by atoms with Gasteiger partial charge in [-0.1, -0.05) is 97.1 Å². The van der Waals surface area contributed by atoms with Crippen molar-refractivity contribution >= 4 is 0 Å². The normalized spacial score (nSPS) is 11.3. The molecule has 4 nitrogen and oxygen atoms in total. The molecule has 0 aromatic heterocycles. The smallest absolute Gasteiger partial charge is 0.120 e. The lowest BCUT2D eigenvalue weighted by atomic mass is 9.64. The molecule has 0 aliphatic rings. The minimum Gasteiger partial charge on any atom is -0.508 e. The molecule has 0 bridgehead atoms. The van der Waals surface area contributed by atoms with Crippen molar-refractivity contribution in [1.82, 2.24) is 0 Å². The van der Waals surface area contributed by atoms with Crippen LogP contribution in [0.15, 0.2) is 146 Å². The molecule has 41 heavy (non-hydrogen) atoms. The Morgan fingerprint density at radius 1 is 0.341 bits per heavy atom. The van der Waals surface area contributed by atoms with Crippen LogP contribution in [-0.2, 0) is 5.41 Å². The molecule has 0 aliphatic carbocycles. The number of phenolic OH excluding ortho intramolecular Hbond substituents is 4. The summed E-state index contributed by atoms with van der Waals surface area (Å²) < 4.78 is 0. The van der Waals surface area contributed by atoms with Gasteiger partial charge in [-0.2, -0.15) is 0 Å². The van der Waals surface area contributed by atoms with E-state index in [9.17, 15) is 20.4 Å². The summed E-state index contributed by atoms with van der Waals surface area (Å²) in [6.07, 6.45) is 0. The highest BCUT2D eigenvalue weighted by Gasteiger charge is 2.42. The molecule has 0 aliphatic heterocycles. The van der Waals surface area contributed by atoms with Gasteiger partial charge in [0.1, 0.15) is 23.0 Å². The fraction of sp³-hybridized carbons (Fsp3) is 0.0270. The molecule has 6 aromatic carbocycles.